The van der Waals surface area contributed by atoms with Gasteiger partial charge in [-0.05, 0) is 68.4 Å². The molecular formula is C50H34B2N2O. The van der Waals surface area contributed by atoms with E-state index in [9.17, 15) is 0 Å². The van der Waals surface area contributed by atoms with Crippen LogP contribution in [0.15, 0.2) is 216 Å². The number of fused-ring (bicyclic) bond motifs is 6. The molecule has 5 heteroatoms. The molecule has 256 valence electrons. The Morgan fingerprint density at radius 2 is 0.673 bits per heavy atom. The van der Waals surface area contributed by atoms with Gasteiger partial charge in [-0.3, -0.25) is 0 Å². The van der Waals surface area contributed by atoms with Crippen molar-refractivity contribution in [2.75, 3.05) is 0 Å². The lowest BCUT2D eigenvalue weighted by Gasteiger charge is -2.15. The van der Waals surface area contributed by atoms with Gasteiger partial charge in [0.05, 0.1) is 11.4 Å². The van der Waals surface area contributed by atoms with Crippen molar-refractivity contribution >= 4 is 47.0 Å². The molecular weight excluding hydrogens is 666 g/mol. The van der Waals surface area contributed by atoms with Gasteiger partial charge < -0.3 is 14.5 Å². The summed E-state index contributed by atoms with van der Waals surface area (Å²) >= 11 is 0. The standard InChI is InChI=1S/C50H34B2N2O/c1-3-19-37(20-4-1)51-47-31-13-11-27-43(47)41-25-7-9-29-45(41)49(53-51)35-17-15-23-39(33-35)55-40-24-16-18-36(34-40)50-46-30-10-8-26-42(46)44-28-12-14-32-48(44)52(54-50)38-21-5-2-6-22-38/h1-34H. The molecule has 0 N–H and O–H groups in total. The number of nitrogens with zero attached hydrogens (tertiary/aromatic N) is 2. The van der Waals surface area contributed by atoms with Gasteiger partial charge in [0, 0.05) is 22.3 Å². The summed E-state index contributed by atoms with van der Waals surface area (Å²) in [5, 5.41) is 0. The lowest BCUT2D eigenvalue weighted by Crippen LogP contribution is -2.41. The molecule has 0 unspecified atom stereocenters. The quantitative estimate of drug-likeness (QED) is 0.160. The second-order valence-corrected chi connectivity index (χ2v) is 14.0. The largest absolute Gasteiger partial charge is 0.457 e. The van der Waals surface area contributed by atoms with Crippen molar-refractivity contribution in [3.8, 4) is 33.8 Å². The molecule has 8 aromatic rings. The Morgan fingerprint density at radius 1 is 0.309 bits per heavy atom. The minimum absolute atomic E-state index is 0.157. The summed E-state index contributed by atoms with van der Waals surface area (Å²) in [5.41, 5.74) is 15.6. The third-order valence-corrected chi connectivity index (χ3v) is 10.7. The van der Waals surface area contributed by atoms with E-state index in [2.05, 4.69) is 194 Å². The first-order valence-corrected chi connectivity index (χ1v) is 18.8. The van der Waals surface area contributed by atoms with Crippen molar-refractivity contribution in [2.45, 2.75) is 0 Å². The first-order valence-electron chi connectivity index (χ1n) is 18.8. The van der Waals surface area contributed by atoms with Crippen molar-refractivity contribution in [1.82, 2.24) is 0 Å². The van der Waals surface area contributed by atoms with Gasteiger partial charge in [-0.25, -0.2) is 0 Å². The van der Waals surface area contributed by atoms with Gasteiger partial charge in [0.15, 0.2) is 0 Å². The molecule has 3 nitrogen and oxygen atoms in total. The molecule has 8 aromatic carbocycles. The molecule has 2 aliphatic rings. The van der Waals surface area contributed by atoms with E-state index >= 15 is 0 Å². The van der Waals surface area contributed by atoms with Crippen LogP contribution in [0.3, 0.4) is 0 Å². The van der Waals surface area contributed by atoms with Gasteiger partial charge in [0.1, 0.15) is 11.5 Å². The monoisotopic (exact) mass is 700 g/mol. The van der Waals surface area contributed by atoms with E-state index in [0.717, 1.165) is 56.1 Å². The van der Waals surface area contributed by atoms with Gasteiger partial charge >= 0.3 is 13.7 Å². The van der Waals surface area contributed by atoms with Crippen molar-refractivity contribution in [3.63, 3.8) is 0 Å². The fourth-order valence-corrected chi connectivity index (χ4v) is 8.14. The molecule has 0 fully saturated rings. The number of benzene rings is 8. The number of ether oxygens (including phenoxy) is 1. The summed E-state index contributed by atoms with van der Waals surface area (Å²) in [5.74, 6) is 1.48. The summed E-state index contributed by atoms with van der Waals surface area (Å²) in [6, 6.07) is 72.3. The highest BCUT2D eigenvalue weighted by Crippen LogP contribution is 2.33. The Morgan fingerprint density at radius 3 is 1.11 bits per heavy atom. The molecule has 0 amide bonds. The van der Waals surface area contributed by atoms with Crippen LogP contribution in [-0.2, 0) is 0 Å². The number of hydrogen-bond acceptors (Lipinski definition) is 3. The van der Waals surface area contributed by atoms with Gasteiger partial charge in [0.2, 0.25) is 0 Å². The summed E-state index contributed by atoms with van der Waals surface area (Å²) in [6.07, 6.45) is 0. The van der Waals surface area contributed by atoms with Crippen molar-refractivity contribution < 1.29 is 4.74 Å². The van der Waals surface area contributed by atoms with E-state index in [4.69, 9.17) is 14.5 Å². The first kappa shape index (κ1) is 32.7. The van der Waals surface area contributed by atoms with Crippen molar-refractivity contribution in [1.29, 1.82) is 0 Å². The maximum absolute atomic E-state index is 6.72. The van der Waals surface area contributed by atoms with Crippen LogP contribution in [0.2, 0.25) is 0 Å². The number of rotatable bonds is 6. The van der Waals surface area contributed by atoms with Crippen LogP contribution in [0.1, 0.15) is 22.3 Å². The first-order chi connectivity index (χ1) is 27.3. The van der Waals surface area contributed by atoms with E-state index in [-0.39, 0.29) is 13.7 Å². The van der Waals surface area contributed by atoms with Crippen LogP contribution in [0.4, 0.5) is 0 Å². The van der Waals surface area contributed by atoms with Crippen LogP contribution in [0.25, 0.3) is 22.3 Å². The van der Waals surface area contributed by atoms with Crippen LogP contribution in [0, 0.1) is 0 Å². The maximum Gasteiger partial charge on any atom is 0.345 e. The van der Waals surface area contributed by atoms with Crippen molar-refractivity contribution in [2.24, 2.45) is 9.81 Å². The second kappa shape index (κ2) is 14.1. The zero-order valence-corrected chi connectivity index (χ0v) is 30.1. The Balaban J connectivity index is 1.05. The van der Waals surface area contributed by atoms with Crippen LogP contribution >= 0.6 is 0 Å². The smallest absolute Gasteiger partial charge is 0.345 e. The molecule has 10 rings (SSSR count). The zero-order valence-electron chi connectivity index (χ0n) is 30.1. The van der Waals surface area contributed by atoms with Crippen LogP contribution in [-0.4, -0.2) is 25.1 Å². The van der Waals surface area contributed by atoms with E-state index in [1.54, 1.807) is 0 Å². The third-order valence-electron chi connectivity index (χ3n) is 10.7. The summed E-state index contributed by atoms with van der Waals surface area (Å²) in [6.45, 7) is -0.315. The normalized spacial score (nSPS) is 12.9. The third kappa shape index (κ3) is 6.10. The molecule has 0 aromatic heterocycles. The summed E-state index contributed by atoms with van der Waals surface area (Å²) in [7, 11) is 0. The topological polar surface area (TPSA) is 34.0 Å². The van der Waals surface area contributed by atoms with E-state index in [1.807, 2.05) is 12.1 Å². The molecule has 0 aliphatic carbocycles. The molecule has 0 bridgehead atoms. The Hall–Kier alpha value is -6.97. The molecule has 55 heavy (non-hydrogen) atoms. The lowest BCUT2D eigenvalue weighted by atomic mass is 9.50. The average Bonchev–Trinajstić information content (AvgIpc) is 3.50. The zero-order chi connectivity index (χ0) is 36.6. The predicted octanol–water partition coefficient (Wildman–Crippen LogP) is 8.73. The summed E-state index contributed by atoms with van der Waals surface area (Å²) in [4.78, 5) is 11.1. The highest BCUT2D eigenvalue weighted by atomic mass is 16.5. The molecule has 0 radical (unpaired) electrons. The van der Waals surface area contributed by atoms with Crippen LogP contribution in [0.5, 0.6) is 11.5 Å². The molecule has 2 heterocycles. The SMILES string of the molecule is c1ccc(B2N=C(c3cccc(Oc4cccc(C5=NB(c6ccccc6)c6ccccc6-c6ccccc65)c4)c3)c3ccccc3-c3ccccc32)cc1. The fraction of sp³-hybridized carbons (Fsp3) is 0. The maximum atomic E-state index is 6.72. The molecule has 0 saturated heterocycles. The van der Waals surface area contributed by atoms with Crippen molar-refractivity contribution in [3.05, 3.63) is 229 Å². The molecule has 0 atom stereocenters. The lowest BCUT2D eigenvalue weighted by molar-refractivity contribution is 0.482. The molecule has 2 aliphatic heterocycles. The van der Waals surface area contributed by atoms with Gasteiger partial charge in [-0.15, -0.1) is 0 Å². The minimum atomic E-state index is -0.157. The van der Waals surface area contributed by atoms with Gasteiger partial charge in [-0.2, -0.15) is 0 Å². The number of hydrogen-bond donors (Lipinski definition) is 0. The highest BCUT2D eigenvalue weighted by Gasteiger charge is 2.30. The van der Waals surface area contributed by atoms with Crippen LogP contribution < -0.4 is 26.6 Å². The second-order valence-electron chi connectivity index (χ2n) is 14.0. The molecule has 0 saturated carbocycles. The Kier molecular flexibility index (Phi) is 8.38. The average molecular weight is 700 g/mol. The van der Waals surface area contributed by atoms with E-state index in [0.29, 0.717) is 0 Å². The highest BCUT2D eigenvalue weighted by molar-refractivity contribution is 6.87. The van der Waals surface area contributed by atoms with Gasteiger partial charge in [-0.1, -0.05) is 182 Å². The Labute approximate surface area is 322 Å². The van der Waals surface area contributed by atoms with E-state index in [1.165, 1.54) is 33.2 Å². The molecule has 0 spiro atoms. The summed E-state index contributed by atoms with van der Waals surface area (Å²) < 4.78 is 6.72. The predicted molar refractivity (Wildman–Crippen MR) is 231 cm³/mol. The fourth-order valence-electron chi connectivity index (χ4n) is 8.14. The Bertz CT molecular complexity index is 2570. The van der Waals surface area contributed by atoms with E-state index < -0.39 is 0 Å². The minimum Gasteiger partial charge on any atom is -0.457 e. The van der Waals surface area contributed by atoms with Gasteiger partial charge in [0.25, 0.3) is 0 Å².